The number of terminal acetylenes is 1. The van der Waals surface area contributed by atoms with Gasteiger partial charge in [-0.1, -0.05) is 18.8 Å². The van der Waals surface area contributed by atoms with Gasteiger partial charge in [-0.05, 0) is 39.7 Å². The van der Waals surface area contributed by atoms with Gasteiger partial charge >= 0.3 is 0 Å². The van der Waals surface area contributed by atoms with E-state index in [-0.39, 0.29) is 30.6 Å². The van der Waals surface area contributed by atoms with Crippen LogP contribution in [0, 0.1) is 12.3 Å². The minimum Gasteiger partial charge on any atom is -0.393 e. The van der Waals surface area contributed by atoms with Gasteiger partial charge in [0.25, 0.3) is 0 Å². The number of likely N-dealkylation sites (tertiary alicyclic amines) is 1. The first kappa shape index (κ1) is 16.0. The Bertz CT molecular complexity index is 323. The summed E-state index contributed by atoms with van der Waals surface area (Å²) < 4.78 is 0. The van der Waals surface area contributed by atoms with Gasteiger partial charge in [0.1, 0.15) is 0 Å². The van der Waals surface area contributed by atoms with Crippen LogP contribution in [0.1, 0.15) is 46.0 Å². The Morgan fingerprint density at radius 1 is 1.47 bits per heavy atom. The van der Waals surface area contributed by atoms with Gasteiger partial charge in [0, 0.05) is 6.04 Å². The lowest BCUT2D eigenvalue weighted by Gasteiger charge is -2.35. The van der Waals surface area contributed by atoms with Crippen molar-refractivity contribution in [3.05, 3.63) is 0 Å². The van der Waals surface area contributed by atoms with Crippen LogP contribution >= 0.6 is 0 Å². The zero-order chi connectivity index (χ0) is 14.3. The fourth-order valence-electron chi connectivity index (χ4n) is 2.79. The van der Waals surface area contributed by atoms with Crippen LogP contribution in [-0.4, -0.2) is 47.2 Å². The normalized spacial score (nSPS) is 24.0. The number of carbonyl (C=O) groups is 1. The summed E-state index contributed by atoms with van der Waals surface area (Å²) in [5, 5.41) is 12.4. The molecule has 0 radical (unpaired) electrons. The molecule has 108 valence electrons. The molecule has 0 bridgehead atoms. The molecule has 4 nitrogen and oxygen atoms in total. The van der Waals surface area contributed by atoms with Gasteiger partial charge in [0.15, 0.2) is 0 Å². The van der Waals surface area contributed by atoms with Crippen LogP contribution in [-0.2, 0) is 4.79 Å². The molecule has 0 aromatic rings. The summed E-state index contributed by atoms with van der Waals surface area (Å²) in [6, 6.07) is 0.101. The molecule has 2 N–H and O–H groups in total. The molecule has 1 aliphatic rings. The number of rotatable bonds is 5. The predicted octanol–water partition coefficient (Wildman–Crippen LogP) is 1.14. The highest BCUT2D eigenvalue weighted by Crippen LogP contribution is 2.22. The summed E-state index contributed by atoms with van der Waals surface area (Å²) in [6.07, 6.45) is 10.1. The number of hydrogen-bond acceptors (Lipinski definition) is 3. The van der Waals surface area contributed by atoms with E-state index in [9.17, 15) is 9.90 Å². The molecule has 1 heterocycles. The van der Waals surface area contributed by atoms with Crippen LogP contribution in [0.5, 0.6) is 0 Å². The number of aliphatic hydroxyl groups excluding tert-OH is 1. The molecule has 0 saturated carbocycles. The molecule has 3 atom stereocenters. The Balaban J connectivity index is 2.67. The Labute approximate surface area is 116 Å². The molecule has 0 aliphatic carbocycles. The topological polar surface area (TPSA) is 52.6 Å². The quantitative estimate of drug-likeness (QED) is 0.734. The van der Waals surface area contributed by atoms with Crippen molar-refractivity contribution in [2.45, 2.75) is 64.1 Å². The SMILES string of the molecule is C#CCNC(=O)C(C)N1CCCCCC1CC(C)O. The number of amides is 1. The number of carbonyl (C=O) groups excluding carboxylic acids is 1. The highest BCUT2D eigenvalue weighted by molar-refractivity contribution is 5.81. The zero-order valence-electron chi connectivity index (χ0n) is 12.1. The molecule has 1 fully saturated rings. The third-order valence-corrected chi connectivity index (χ3v) is 3.78. The van der Waals surface area contributed by atoms with Crippen molar-refractivity contribution in [3.63, 3.8) is 0 Å². The maximum Gasteiger partial charge on any atom is 0.237 e. The summed E-state index contributed by atoms with van der Waals surface area (Å²) in [4.78, 5) is 14.3. The van der Waals surface area contributed by atoms with Gasteiger partial charge in [0.05, 0.1) is 18.7 Å². The fourth-order valence-corrected chi connectivity index (χ4v) is 2.79. The average molecular weight is 266 g/mol. The van der Waals surface area contributed by atoms with Gasteiger partial charge in [-0.3, -0.25) is 9.69 Å². The van der Waals surface area contributed by atoms with Crippen molar-refractivity contribution in [1.29, 1.82) is 0 Å². The third-order valence-electron chi connectivity index (χ3n) is 3.78. The van der Waals surface area contributed by atoms with Gasteiger partial charge in [-0.2, -0.15) is 0 Å². The van der Waals surface area contributed by atoms with E-state index in [0.29, 0.717) is 0 Å². The van der Waals surface area contributed by atoms with Crippen molar-refractivity contribution in [3.8, 4) is 12.3 Å². The molecular weight excluding hydrogens is 240 g/mol. The van der Waals surface area contributed by atoms with E-state index in [0.717, 1.165) is 25.8 Å². The second-order valence-electron chi connectivity index (χ2n) is 5.42. The highest BCUT2D eigenvalue weighted by Gasteiger charge is 2.29. The van der Waals surface area contributed by atoms with Crippen LogP contribution < -0.4 is 5.32 Å². The third kappa shape index (κ3) is 5.22. The molecule has 19 heavy (non-hydrogen) atoms. The molecule has 0 aromatic carbocycles. The number of hydrogen-bond donors (Lipinski definition) is 2. The lowest BCUT2D eigenvalue weighted by atomic mass is 10.0. The molecule has 1 aliphatic heterocycles. The van der Waals surface area contributed by atoms with Crippen molar-refractivity contribution in [2.75, 3.05) is 13.1 Å². The second-order valence-corrected chi connectivity index (χ2v) is 5.42. The van der Waals surface area contributed by atoms with Gasteiger partial charge in [-0.25, -0.2) is 0 Å². The second kappa shape index (κ2) is 8.19. The van der Waals surface area contributed by atoms with Crippen molar-refractivity contribution in [2.24, 2.45) is 0 Å². The van der Waals surface area contributed by atoms with Gasteiger partial charge < -0.3 is 10.4 Å². The van der Waals surface area contributed by atoms with Crippen LogP contribution in [0.2, 0.25) is 0 Å². The van der Waals surface area contributed by atoms with Crippen molar-refractivity contribution in [1.82, 2.24) is 10.2 Å². The molecule has 4 heteroatoms. The maximum atomic E-state index is 12.0. The Morgan fingerprint density at radius 2 is 2.21 bits per heavy atom. The standard InChI is InChI=1S/C15H26N2O2/c1-4-9-16-15(19)13(3)17-10-7-5-6-8-14(17)11-12(2)18/h1,12-14,18H,5-11H2,2-3H3,(H,16,19). The average Bonchev–Trinajstić information content (AvgIpc) is 2.59. The first-order chi connectivity index (χ1) is 9.06. The van der Waals surface area contributed by atoms with Crippen LogP contribution in [0.3, 0.4) is 0 Å². The van der Waals surface area contributed by atoms with E-state index in [1.54, 1.807) is 0 Å². The summed E-state index contributed by atoms with van der Waals surface area (Å²) in [6.45, 7) is 4.93. The minimum absolute atomic E-state index is 0.0181. The van der Waals surface area contributed by atoms with E-state index < -0.39 is 0 Å². The Morgan fingerprint density at radius 3 is 2.84 bits per heavy atom. The summed E-state index contributed by atoms with van der Waals surface area (Å²) in [5.74, 6) is 2.40. The predicted molar refractivity (Wildman–Crippen MR) is 76.6 cm³/mol. The van der Waals surface area contributed by atoms with E-state index in [1.807, 2.05) is 13.8 Å². The van der Waals surface area contributed by atoms with Gasteiger partial charge in [0.2, 0.25) is 5.91 Å². The number of nitrogens with one attached hydrogen (secondary N) is 1. The van der Waals surface area contributed by atoms with E-state index in [4.69, 9.17) is 6.42 Å². The first-order valence-electron chi connectivity index (χ1n) is 7.21. The monoisotopic (exact) mass is 266 g/mol. The minimum atomic E-state index is -0.327. The maximum absolute atomic E-state index is 12.0. The summed E-state index contributed by atoms with van der Waals surface area (Å²) in [7, 11) is 0. The lowest BCUT2D eigenvalue weighted by Crippen LogP contribution is -2.50. The van der Waals surface area contributed by atoms with Crippen molar-refractivity contribution < 1.29 is 9.90 Å². The molecule has 1 rings (SSSR count). The molecule has 0 aromatic heterocycles. The summed E-state index contributed by atoms with van der Waals surface area (Å²) >= 11 is 0. The highest BCUT2D eigenvalue weighted by atomic mass is 16.3. The molecule has 1 saturated heterocycles. The molecule has 1 amide bonds. The smallest absolute Gasteiger partial charge is 0.237 e. The molecule has 0 spiro atoms. The summed E-state index contributed by atoms with van der Waals surface area (Å²) in [5.41, 5.74) is 0. The fraction of sp³-hybridized carbons (Fsp3) is 0.800. The van der Waals surface area contributed by atoms with Crippen LogP contribution in [0.25, 0.3) is 0 Å². The number of aliphatic hydroxyl groups is 1. The van der Waals surface area contributed by atoms with E-state index in [2.05, 4.69) is 16.1 Å². The lowest BCUT2D eigenvalue weighted by molar-refractivity contribution is -0.126. The van der Waals surface area contributed by atoms with E-state index in [1.165, 1.54) is 12.8 Å². The first-order valence-corrected chi connectivity index (χ1v) is 7.21. The van der Waals surface area contributed by atoms with Gasteiger partial charge in [-0.15, -0.1) is 6.42 Å². The largest absolute Gasteiger partial charge is 0.393 e. The van der Waals surface area contributed by atoms with E-state index >= 15 is 0 Å². The van der Waals surface area contributed by atoms with Crippen LogP contribution in [0.15, 0.2) is 0 Å². The van der Waals surface area contributed by atoms with Crippen molar-refractivity contribution >= 4 is 5.91 Å². The molecule has 3 unspecified atom stereocenters. The number of nitrogens with zero attached hydrogens (tertiary/aromatic N) is 1. The Kier molecular flexibility index (Phi) is 6.90. The zero-order valence-corrected chi connectivity index (χ0v) is 12.1. The Hall–Kier alpha value is -1.05. The molecular formula is C15H26N2O2. The van der Waals surface area contributed by atoms with Crippen LogP contribution in [0.4, 0.5) is 0 Å².